The molecule has 2 aromatic rings. The lowest BCUT2D eigenvalue weighted by molar-refractivity contribution is 0.408. The number of rotatable bonds is 3. The first-order valence-electron chi connectivity index (χ1n) is 5.99. The molecule has 0 aliphatic rings. The van der Waals surface area contributed by atoms with E-state index in [-0.39, 0.29) is 5.69 Å². The third-order valence-electron chi connectivity index (χ3n) is 2.79. The smallest absolute Gasteiger partial charge is 0.198 e. The van der Waals surface area contributed by atoms with Gasteiger partial charge in [-0.2, -0.15) is 0 Å². The first-order chi connectivity index (χ1) is 8.97. The predicted octanol–water partition coefficient (Wildman–Crippen LogP) is 4.46. The molecule has 0 unspecified atom stereocenters. The maximum absolute atomic E-state index is 13.6. The first-order valence-corrected chi connectivity index (χ1v) is 5.99. The van der Waals surface area contributed by atoms with Crippen molar-refractivity contribution in [1.29, 1.82) is 0 Å². The summed E-state index contributed by atoms with van der Waals surface area (Å²) in [6, 6.07) is 9.16. The molecule has 0 heterocycles. The Morgan fingerprint density at radius 1 is 1.00 bits per heavy atom. The molecule has 0 radical (unpaired) electrons. The molecular formula is C15H15F2NO. The Morgan fingerprint density at radius 2 is 1.53 bits per heavy atom. The molecule has 0 aromatic heterocycles. The molecule has 0 saturated carbocycles. The highest BCUT2D eigenvalue weighted by Gasteiger charge is 2.13. The fraction of sp³-hybridized carbons (Fsp3) is 0.200. The van der Waals surface area contributed by atoms with E-state index in [2.05, 4.69) is 13.8 Å². The third kappa shape index (κ3) is 3.02. The van der Waals surface area contributed by atoms with Gasteiger partial charge in [-0.15, -0.1) is 0 Å². The maximum Gasteiger partial charge on any atom is 0.198 e. The van der Waals surface area contributed by atoms with E-state index >= 15 is 0 Å². The van der Waals surface area contributed by atoms with Crippen molar-refractivity contribution >= 4 is 5.69 Å². The van der Waals surface area contributed by atoms with Crippen LogP contribution in [0, 0.1) is 11.6 Å². The van der Waals surface area contributed by atoms with Crippen LogP contribution >= 0.6 is 0 Å². The highest BCUT2D eigenvalue weighted by molar-refractivity contribution is 5.45. The van der Waals surface area contributed by atoms with Crippen LogP contribution in [0.15, 0.2) is 36.4 Å². The fourth-order valence-electron chi connectivity index (χ4n) is 1.72. The molecule has 0 amide bonds. The van der Waals surface area contributed by atoms with Crippen LogP contribution in [-0.2, 0) is 0 Å². The number of nitrogen functional groups attached to an aromatic ring is 1. The van der Waals surface area contributed by atoms with Gasteiger partial charge in [0.15, 0.2) is 17.4 Å². The Kier molecular flexibility index (Phi) is 3.69. The number of anilines is 1. The van der Waals surface area contributed by atoms with Gasteiger partial charge in [-0.1, -0.05) is 26.0 Å². The van der Waals surface area contributed by atoms with Crippen molar-refractivity contribution in [3.63, 3.8) is 0 Å². The second-order valence-corrected chi connectivity index (χ2v) is 4.64. The lowest BCUT2D eigenvalue weighted by Gasteiger charge is -2.10. The normalized spacial score (nSPS) is 10.8. The van der Waals surface area contributed by atoms with Gasteiger partial charge in [0.1, 0.15) is 5.75 Å². The molecule has 0 spiro atoms. The molecule has 2 nitrogen and oxygen atoms in total. The van der Waals surface area contributed by atoms with E-state index in [0.29, 0.717) is 11.7 Å². The molecule has 0 saturated heterocycles. The van der Waals surface area contributed by atoms with Crippen molar-refractivity contribution in [2.24, 2.45) is 0 Å². The van der Waals surface area contributed by atoms with Gasteiger partial charge >= 0.3 is 0 Å². The summed E-state index contributed by atoms with van der Waals surface area (Å²) < 4.78 is 32.3. The summed E-state index contributed by atoms with van der Waals surface area (Å²) in [6.45, 7) is 4.13. The Morgan fingerprint density at radius 3 is 2.00 bits per heavy atom. The van der Waals surface area contributed by atoms with E-state index in [4.69, 9.17) is 10.5 Å². The number of nitrogens with two attached hydrogens (primary N) is 1. The van der Waals surface area contributed by atoms with E-state index < -0.39 is 17.4 Å². The van der Waals surface area contributed by atoms with Crippen LogP contribution in [0.3, 0.4) is 0 Å². The van der Waals surface area contributed by atoms with Gasteiger partial charge < -0.3 is 10.5 Å². The predicted molar refractivity (Wildman–Crippen MR) is 71.4 cm³/mol. The minimum Gasteiger partial charge on any atom is -0.451 e. The molecule has 0 fully saturated rings. The topological polar surface area (TPSA) is 35.2 Å². The fourth-order valence-corrected chi connectivity index (χ4v) is 1.72. The Balaban J connectivity index is 2.26. The van der Waals surface area contributed by atoms with Crippen molar-refractivity contribution in [3.05, 3.63) is 53.6 Å². The zero-order valence-electron chi connectivity index (χ0n) is 10.8. The van der Waals surface area contributed by atoms with Crippen LogP contribution in [0.5, 0.6) is 11.5 Å². The van der Waals surface area contributed by atoms with E-state index in [1.165, 1.54) is 0 Å². The van der Waals surface area contributed by atoms with Crippen molar-refractivity contribution in [2.75, 3.05) is 5.73 Å². The number of hydrogen-bond donors (Lipinski definition) is 1. The van der Waals surface area contributed by atoms with Crippen LogP contribution in [-0.4, -0.2) is 0 Å². The molecule has 0 aliphatic carbocycles. The highest BCUT2D eigenvalue weighted by atomic mass is 19.1. The second kappa shape index (κ2) is 5.26. The standard InChI is InChI=1S/C15H15F2NO/c1-9(2)10-3-5-12(6-4-10)19-15-13(16)7-11(18)8-14(15)17/h3-9H,18H2,1-2H3. The molecule has 2 N–H and O–H groups in total. The SMILES string of the molecule is CC(C)c1ccc(Oc2c(F)cc(N)cc2F)cc1. The minimum atomic E-state index is -0.814. The summed E-state index contributed by atoms with van der Waals surface area (Å²) in [7, 11) is 0. The summed E-state index contributed by atoms with van der Waals surface area (Å²) in [6.07, 6.45) is 0. The Hall–Kier alpha value is -2.10. The molecule has 4 heteroatoms. The van der Waals surface area contributed by atoms with Gasteiger partial charge in [0.05, 0.1) is 0 Å². The van der Waals surface area contributed by atoms with Gasteiger partial charge in [0, 0.05) is 17.8 Å². The quantitative estimate of drug-likeness (QED) is 0.829. The van der Waals surface area contributed by atoms with Crippen LogP contribution in [0.1, 0.15) is 25.3 Å². The first kappa shape index (κ1) is 13.3. The number of halogens is 2. The molecule has 2 rings (SSSR count). The summed E-state index contributed by atoms with van der Waals surface area (Å²) in [5, 5.41) is 0. The second-order valence-electron chi connectivity index (χ2n) is 4.64. The maximum atomic E-state index is 13.6. The Bertz CT molecular complexity index is 556. The molecule has 0 aliphatic heterocycles. The highest BCUT2D eigenvalue weighted by Crippen LogP contribution is 2.30. The van der Waals surface area contributed by atoms with E-state index in [0.717, 1.165) is 17.7 Å². The summed E-state index contributed by atoms with van der Waals surface area (Å²) in [5.41, 5.74) is 6.49. The average Bonchev–Trinajstić information content (AvgIpc) is 2.34. The molecule has 2 aromatic carbocycles. The van der Waals surface area contributed by atoms with Crippen molar-refractivity contribution in [2.45, 2.75) is 19.8 Å². The van der Waals surface area contributed by atoms with Gasteiger partial charge in [0.25, 0.3) is 0 Å². The summed E-state index contributed by atoms with van der Waals surface area (Å²) >= 11 is 0. The molecular weight excluding hydrogens is 248 g/mol. The largest absolute Gasteiger partial charge is 0.451 e. The molecule has 0 bridgehead atoms. The average molecular weight is 263 g/mol. The lowest BCUT2D eigenvalue weighted by atomic mass is 10.0. The van der Waals surface area contributed by atoms with Crippen molar-refractivity contribution in [3.8, 4) is 11.5 Å². The van der Waals surface area contributed by atoms with Crippen LogP contribution in [0.4, 0.5) is 14.5 Å². The van der Waals surface area contributed by atoms with Crippen LogP contribution in [0.2, 0.25) is 0 Å². The van der Waals surface area contributed by atoms with Crippen molar-refractivity contribution in [1.82, 2.24) is 0 Å². The van der Waals surface area contributed by atoms with E-state index in [1.54, 1.807) is 12.1 Å². The molecule has 100 valence electrons. The number of benzene rings is 2. The molecule has 0 atom stereocenters. The Labute approximate surface area is 110 Å². The number of hydrogen-bond acceptors (Lipinski definition) is 2. The zero-order valence-corrected chi connectivity index (χ0v) is 10.8. The van der Waals surface area contributed by atoms with E-state index in [9.17, 15) is 8.78 Å². The summed E-state index contributed by atoms with van der Waals surface area (Å²) in [5.74, 6) is -1.30. The number of ether oxygens (including phenoxy) is 1. The zero-order chi connectivity index (χ0) is 14.0. The van der Waals surface area contributed by atoms with Gasteiger partial charge in [-0.05, 0) is 23.6 Å². The molecule has 19 heavy (non-hydrogen) atoms. The van der Waals surface area contributed by atoms with Crippen molar-refractivity contribution < 1.29 is 13.5 Å². The van der Waals surface area contributed by atoms with E-state index in [1.807, 2.05) is 12.1 Å². The van der Waals surface area contributed by atoms with Gasteiger partial charge in [-0.3, -0.25) is 0 Å². The lowest BCUT2D eigenvalue weighted by Crippen LogP contribution is -1.96. The minimum absolute atomic E-state index is 0.0255. The van der Waals surface area contributed by atoms with Gasteiger partial charge in [0.2, 0.25) is 0 Å². The summed E-state index contributed by atoms with van der Waals surface area (Å²) in [4.78, 5) is 0. The van der Waals surface area contributed by atoms with Crippen LogP contribution < -0.4 is 10.5 Å². The van der Waals surface area contributed by atoms with Gasteiger partial charge in [-0.25, -0.2) is 8.78 Å². The monoisotopic (exact) mass is 263 g/mol. The van der Waals surface area contributed by atoms with Crippen LogP contribution in [0.25, 0.3) is 0 Å². The third-order valence-corrected chi connectivity index (χ3v) is 2.79.